The Balaban J connectivity index is 1.61. The highest BCUT2D eigenvalue weighted by atomic mass is 32.2. The molecule has 0 saturated carbocycles. The third-order valence-corrected chi connectivity index (χ3v) is 5.36. The zero-order valence-electron chi connectivity index (χ0n) is 14.7. The molecule has 1 aromatic heterocycles. The number of carbonyl (C=O) groups excluding carboxylic acids is 1. The molecule has 0 aliphatic heterocycles. The molecule has 0 unspecified atom stereocenters. The van der Waals surface area contributed by atoms with Crippen LogP contribution in [0.2, 0.25) is 0 Å². The predicted molar refractivity (Wildman–Crippen MR) is 109 cm³/mol. The minimum Gasteiger partial charge on any atom is -0.494 e. The number of nitrogens with one attached hydrogen (secondary N) is 1. The summed E-state index contributed by atoms with van der Waals surface area (Å²) >= 11 is 3.21. The molecule has 26 heavy (non-hydrogen) atoms. The van der Waals surface area contributed by atoms with E-state index in [4.69, 9.17) is 4.74 Å². The normalized spacial score (nSPS) is 10.5. The zero-order valence-corrected chi connectivity index (χ0v) is 16.3. The lowest BCUT2D eigenvalue weighted by Gasteiger charge is -2.05. The first-order valence-corrected chi connectivity index (χ1v) is 10.4. The van der Waals surface area contributed by atoms with Crippen molar-refractivity contribution in [2.45, 2.75) is 18.2 Å². The van der Waals surface area contributed by atoms with Gasteiger partial charge in [-0.1, -0.05) is 0 Å². The lowest BCUT2D eigenvalue weighted by atomic mass is 10.2. The third kappa shape index (κ3) is 4.86. The summed E-state index contributed by atoms with van der Waals surface area (Å²) in [4.78, 5) is 18.0. The number of nitrogens with zero attached hydrogens (tertiary/aromatic N) is 1. The van der Waals surface area contributed by atoms with Gasteiger partial charge in [0.15, 0.2) is 0 Å². The molecule has 3 aromatic rings. The van der Waals surface area contributed by atoms with E-state index in [1.165, 1.54) is 4.90 Å². The van der Waals surface area contributed by atoms with Crippen LogP contribution in [0.3, 0.4) is 0 Å². The van der Waals surface area contributed by atoms with Crippen molar-refractivity contribution >= 4 is 34.7 Å². The van der Waals surface area contributed by atoms with Crippen LogP contribution < -0.4 is 10.1 Å². The highest BCUT2D eigenvalue weighted by Gasteiger charge is 2.10. The summed E-state index contributed by atoms with van der Waals surface area (Å²) in [6, 6.07) is 15.7. The van der Waals surface area contributed by atoms with Crippen molar-refractivity contribution in [1.29, 1.82) is 0 Å². The van der Waals surface area contributed by atoms with Gasteiger partial charge in [-0.25, -0.2) is 4.98 Å². The first-order chi connectivity index (χ1) is 12.7. The average Bonchev–Trinajstić information content (AvgIpc) is 3.11. The molecule has 3 rings (SSSR count). The summed E-state index contributed by atoms with van der Waals surface area (Å²) in [6.45, 7) is 2.61. The Kier molecular flexibility index (Phi) is 6.30. The second kappa shape index (κ2) is 8.87. The van der Waals surface area contributed by atoms with Crippen LogP contribution in [0.25, 0.3) is 10.6 Å². The van der Waals surface area contributed by atoms with Crippen LogP contribution >= 0.6 is 23.1 Å². The summed E-state index contributed by atoms with van der Waals surface area (Å²) in [7, 11) is 0. The van der Waals surface area contributed by atoms with E-state index < -0.39 is 0 Å². The van der Waals surface area contributed by atoms with E-state index in [-0.39, 0.29) is 12.3 Å². The number of benzene rings is 2. The molecular formula is C20H20N2O2S2. The van der Waals surface area contributed by atoms with Crippen LogP contribution in [0.5, 0.6) is 5.75 Å². The van der Waals surface area contributed by atoms with Crippen molar-refractivity contribution in [3.05, 3.63) is 59.6 Å². The molecule has 0 spiro atoms. The lowest BCUT2D eigenvalue weighted by Crippen LogP contribution is -2.14. The van der Waals surface area contributed by atoms with Crippen LogP contribution in [0.15, 0.2) is 58.8 Å². The average molecular weight is 385 g/mol. The molecule has 1 N–H and O–H groups in total. The first kappa shape index (κ1) is 18.5. The fraction of sp³-hybridized carbons (Fsp3) is 0.200. The molecule has 0 saturated heterocycles. The molecule has 4 nitrogen and oxygen atoms in total. The monoisotopic (exact) mass is 384 g/mol. The molecule has 134 valence electrons. The molecule has 0 fully saturated rings. The Morgan fingerprint density at radius 2 is 1.88 bits per heavy atom. The fourth-order valence-corrected chi connectivity index (χ4v) is 3.66. The summed E-state index contributed by atoms with van der Waals surface area (Å²) in [5, 5.41) is 5.75. The molecule has 1 amide bonds. The number of thiazole rings is 1. The van der Waals surface area contributed by atoms with Gasteiger partial charge in [0, 0.05) is 21.5 Å². The maximum absolute atomic E-state index is 12.2. The Hall–Kier alpha value is -2.31. The Morgan fingerprint density at radius 3 is 2.54 bits per heavy atom. The minimum absolute atomic E-state index is 0.0644. The number of hydrogen-bond acceptors (Lipinski definition) is 5. The Bertz CT molecular complexity index is 858. The van der Waals surface area contributed by atoms with Crippen molar-refractivity contribution in [3.8, 4) is 16.3 Å². The van der Waals surface area contributed by atoms with Crippen LogP contribution in [0, 0.1) is 0 Å². The Labute approximate surface area is 161 Å². The second-order valence-corrected chi connectivity index (χ2v) is 7.29. The summed E-state index contributed by atoms with van der Waals surface area (Å²) < 4.78 is 5.45. The minimum atomic E-state index is -0.0644. The molecule has 0 aliphatic carbocycles. The molecular weight excluding hydrogens is 364 g/mol. The van der Waals surface area contributed by atoms with Crippen molar-refractivity contribution < 1.29 is 9.53 Å². The number of rotatable bonds is 7. The van der Waals surface area contributed by atoms with Crippen molar-refractivity contribution in [2.24, 2.45) is 0 Å². The van der Waals surface area contributed by atoms with Gasteiger partial charge in [0.2, 0.25) is 5.91 Å². The summed E-state index contributed by atoms with van der Waals surface area (Å²) in [6.07, 6.45) is 2.29. The van der Waals surface area contributed by atoms with Crippen LogP contribution in [-0.2, 0) is 11.2 Å². The molecule has 0 bridgehead atoms. The molecule has 6 heteroatoms. The van der Waals surface area contributed by atoms with Gasteiger partial charge >= 0.3 is 0 Å². The number of ether oxygens (including phenoxy) is 1. The SMILES string of the molecule is CCOc1ccc(-c2nc(CC(=O)Nc3ccc(SC)cc3)cs2)cc1. The van der Waals surface area contributed by atoms with Crippen LogP contribution in [0.1, 0.15) is 12.6 Å². The highest BCUT2D eigenvalue weighted by Crippen LogP contribution is 2.26. The maximum atomic E-state index is 12.2. The van der Waals surface area contributed by atoms with E-state index in [1.54, 1.807) is 23.1 Å². The van der Waals surface area contributed by atoms with E-state index in [2.05, 4.69) is 10.3 Å². The Morgan fingerprint density at radius 1 is 1.15 bits per heavy atom. The van der Waals surface area contributed by atoms with Gasteiger partial charge in [-0.3, -0.25) is 4.79 Å². The third-order valence-electron chi connectivity index (χ3n) is 3.68. The van der Waals surface area contributed by atoms with Crippen LogP contribution in [-0.4, -0.2) is 23.8 Å². The molecule has 0 aliphatic rings. The van der Waals surface area contributed by atoms with Crippen molar-refractivity contribution in [2.75, 3.05) is 18.2 Å². The standard InChI is InChI=1S/C20H20N2O2S2/c1-3-24-17-8-4-14(5-9-17)20-22-16(13-26-20)12-19(23)21-15-6-10-18(25-2)11-7-15/h4-11,13H,3,12H2,1-2H3,(H,21,23). The van der Waals surface area contributed by atoms with Gasteiger partial charge < -0.3 is 10.1 Å². The first-order valence-electron chi connectivity index (χ1n) is 8.29. The van der Waals surface area contributed by atoms with Gasteiger partial charge in [0.25, 0.3) is 0 Å². The topological polar surface area (TPSA) is 51.2 Å². The van der Waals surface area contributed by atoms with E-state index in [9.17, 15) is 4.79 Å². The van der Waals surface area contributed by atoms with Gasteiger partial charge in [-0.2, -0.15) is 0 Å². The largest absolute Gasteiger partial charge is 0.494 e. The van der Waals surface area contributed by atoms with E-state index >= 15 is 0 Å². The van der Waals surface area contributed by atoms with Crippen molar-refractivity contribution in [3.63, 3.8) is 0 Å². The number of carbonyl (C=O) groups is 1. The fourth-order valence-electron chi connectivity index (χ4n) is 2.43. The van der Waals surface area contributed by atoms with E-state index in [0.29, 0.717) is 6.61 Å². The second-order valence-electron chi connectivity index (χ2n) is 5.55. The maximum Gasteiger partial charge on any atom is 0.230 e. The molecule has 2 aromatic carbocycles. The number of amides is 1. The van der Waals surface area contributed by atoms with Gasteiger partial charge in [-0.15, -0.1) is 23.1 Å². The summed E-state index contributed by atoms with van der Waals surface area (Å²) in [5.41, 5.74) is 2.60. The summed E-state index contributed by atoms with van der Waals surface area (Å²) in [5.74, 6) is 0.783. The van der Waals surface area contributed by atoms with Gasteiger partial charge in [-0.05, 0) is 61.7 Å². The van der Waals surface area contributed by atoms with Crippen LogP contribution in [0.4, 0.5) is 5.69 Å². The van der Waals surface area contributed by atoms with Gasteiger partial charge in [0.1, 0.15) is 10.8 Å². The smallest absolute Gasteiger partial charge is 0.230 e. The number of anilines is 1. The van der Waals surface area contributed by atoms with E-state index in [0.717, 1.165) is 27.7 Å². The van der Waals surface area contributed by atoms with Crippen molar-refractivity contribution in [1.82, 2.24) is 4.98 Å². The highest BCUT2D eigenvalue weighted by molar-refractivity contribution is 7.98. The quantitative estimate of drug-likeness (QED) is 0.575. The number of thioether (sulfide) groups is 1. The molecule has 1 heterocycles. The lowest BCUT2D eigenvalue weighted by molar-refractivity contribution is -0.115. The molecule has 0 atom stereocenters. The van der Waals surface area contributed by atoms with Gasteiger partial charge in [0.05, 0.1) is 18.7 Å². The number of hydrogen-bond donors (Lipinski definition) is 1. The zero-order chi connectivity index (χ0) is 18.4. The predicted octanol–water partition coefficient (Wildman–Crippen LogP) is 5.11. The number of aromatic nitrogens is 1. The van der Waals surface area contributed by atoms with E-state index in [1.807, 2.05) is 67.1 Å². The molecule has 0 radical (unpaired) electrons.